The molecule has 1 aliphatic heterocycles. The quantitative estimate of drug-likeness (QED) is 0.502. The second-order valence-corrected chi connectivity index (χ2v) is 7.56. The topological polar surface area (TPSA) is 91.4 Å². The van der Waals surface area contributed by atoms with Gasteiger partial charge in [-0.2, -0.15) is 0 Å². The first kappa shape index (κ1) is 23.1. The summed E-state index contributed by atoms with van der Waals surface area (Å²) >= 11 is 0. The number of rotatable bonds is 6. The molecule has 8 heteroatoms. The summed E-state index contributed by atoms with van der Waals surface area (Å²) in [6.45, 7) is 4.74. The molecule has 2 aromatic rings. The molecule has 8 nitrogen and oxygen atoms in total. The number of fused-ring (bicyclic) bond motifs is 1. The van der Waals surface area contributed by atoms with Gasteiger partial charge in [-0.05, 0) is 53.8 Å². The summed E-state index contributed by atoms with van der Waals surface area (Å²) in [4.78, 5) is 37.3. The molecule has 0 aromatic heterocycles. The molecule has 0 spiro atoms. The predicted molar refractivity (Wildman–Crippen MR) is 116 cm³/mol. The molecule has 1 aliphatic rings. The maximum absolute atomic E-state index is 12.4. The Kier molecular flexibility index (Phi) is 7.02. The molecular weight excluding hydrogens is 414 g/mol. The molecule has 32 heavy (non-hydrogen) atoms. The highest BCUT2D eigenvalue weighted by molar-refractivity contribution is 5.75. The molecule has 170 valence electrons. The van der Waals surface area contributed by atoms with E-state index in [0.29, 0.717) is 42.4 Å². The molecule has 1 amide bonds. The Balaban J connectivity index is 2.05. The highest BCUT2D eigenvalue weighted by atomic mass is 16.6. The third-order valence-electron chi connectivity index (χ3n) is 5.35. The van der Waals surface area contributed by atoms with E-state index in [9.17, 15) is 14.4 Å². The van der Waals surface area contributed by atoms with Crippen LogP contribution in [0.4, 0.5) is 0 Å². The number of amides is 1. The summed E-state index contributed by atoms with van der Waals surface area (Å²) in [5, 5.41) is 0. The van der Waals surface area contributed by atoms with E-state index in [1.165, 1.54) is 35.0 Å². The van der Waals surface area contributed by atoms with Gasteiger partial charge in [0.25, 0.3) is 0 Å². The van der Waals surface area contributed by atoms with E-state index in [4.69, 9.17) is 18.9 Å². The first-order valence-corrected chi connectivity index (χ1v) is 10.2. The minimum absolute atomic E-state index is 0.0563. The summed E-state index contributed by atoms with van der Waals surface area (Å²) in [6, 6.07) is 8.67. The van der Waals surface area contributed by atoms with E-state index in [2.05, 4.69) is 0 Å². The lowest BCUT2D eigenvalue weighted by molar-refractivity contribution is -0.133. The number of benzene rings is 2. The van der Waals surface area contributed by atoms with E-state index in [1.807, 2.05) is 12.1 Å². The number of nitrogens with zero attached hydrogens (tertiary/aromatic N) is 1. The van der Waals surface area contributed by atoms with Gasteiger partial charge in [0.15, 0.2) is 23.0 Å². The molecule has 1 atom stereocenters. The summed E-state index contributed by atoms with van der Waals surface area (Å²) in [5.41, 5.74) is 2.76. The Morgan fingerprint density at radius 2 is 1.50 bits per heavy atom. The molecule has 0 bridgehead atoms. The summed E-state index contributed by atoms with van der Waals surface area (Å²) < 4.78 is 21.3. The number of methoxy groups -OCH3 is 2. The molecule has 0 saturated carbocycles. The Morgan fingerprint density at radius 3 is 2.06 bits per heavy atom. The monoisotopic (exact) mass is 441 g/mol. The zero-order valence-corrected chi connectivity index (χ0v) is 18.9. The van der Waals surface area contributed by atoms with Gasteiger partial charge >= 0.3 is 11.9 Å². The fraction of sp³-hybridized carbons (Fsp3) is 0.375. The van der Waals surface area contributed by atoms with Crippen LogP contribution in [0.1, 0.15) is 43.5 Å². The van der Waals surface area contributed by atoms with Crippen LogP contribution in [0, 0.1) is 0 Å². The van der Waals surface area contributed by atoms with Gasteiger partial charge in [-0.25, -0.2) is 0 Å². The number of carbonyl (C=O) groups is 3. The SMILES string of the molecule is COc1ccc(C[C@H]2c3cc(OC(C)=O)c(OC)cc3CCN2C(C)=O)cc1OC(C)=O. The van der Waals surface area contributed by atoms with Crippen LogP contribution in [-0.2, 0) is 27.2 Å². The molecule has 0 radical (unpaired) electrons. The lowest BCUT2D eigenvalue weighted by atomic mass is 9.88. The van der Waals surface area contributed by atoms with Gasteiger partial charge in [0, 0.05) is 27.3 Å². The van der Waals surface area contributed by atoms with Crippen LogP contribution >= 0.6 is 0 Å². The van der Waals surface area contributed by atoms with Crippen molar-refractivity contribution in [2.24, 2.45) is 0 Å². The molecule has 2 aromatic carbocycles. The van der Waals surface area contributed by atoms with Crippen LogP contribution in [0.15, 0.2) is 30.3 Å². The largest absolute Gasteiger partial charge is 0.493 e. The average molecular weight is 441 g/mol. The second kappa shape index (κ2) is 9.72. The van der Waals surface area contributed by atoms with Crippen LogP contribution in [-0.4, -0.2) is 43.5 Å². The van der Waals surface area contributed by atoms with Crippen molar-refractivity contribution < 1.29 is 33.3 Å². The smallest absolute Gasteiger partial charge is 0.308 e. The summed E-state index contributed by atoms with van der Waals surface area (Å²) in [5.74, 6) is 0.572. The lowest BCUT2D eigenvalue weighted by Gasteiger charge is -2.37. The second-order valence-electron chi connectivity index (χ2n) is 7.56. The van der Waals surface area contributed by atoms with E-state index in [1.54, 1.807) is 23.1 Å². The highest BCUT2D eigenvalue weighted by Crippen LogP contribution is 2.40. The van der Waals surface area contributed by atoms with Crippen LogP contribution < -0.4 is 18.9 Å². The van der Waals surface area contributed by atoms with Gasteiger partial charge in [0.2, 0.25) is 5.91 Å². The molecular formula is C24H27NO7. The van der Waals surface area contributed by atoms with E-state index in [-0.39, 0.29) is 11.9 Å². The molecule has 0 unspecified atom stereocenters. The maximum atomic E-state index is 12.4. The van der Waals surface area contributed by atoms with Crippen molar-refractivity contribution >= 4 is 17.8 Å². The van der Waals surface area contributed by atoms with Crippen LogP contribution in [0.25, 0.3) is 0 Å². The van der Waals surface area contributed by atoms with Crippen LogP contribution in [0.3, 0.4) is 0 Å². The van der Waals surface area contributed by atoms with E-state index in [0.717, 1.165) is 16.7 Å². The Hall–Kier alpha value is -3.55. The fourth-order valence-corrected chi connectivity index (χ4v) is 4.01. The minimum atomic E-state index is -0.458. The van der Waals surface area contributed by atoms with Gasteiger partial charge in [0.1, 0.15) is 0 Å². The zero-order chi connectivity index (χ0) is 23.4. The molecule has 1 heterocycles. The van der Waals surface area contributed by atoms with Crippen molar-refractivity contribution in [3.05, 3.63) is 47.0 Å². The maximum Gasteiger partial charge on any atom is 0.308 e. The molecule has 3 rings (SSSR count). The number of esters is 2. The first-order chi connectivity index (χ1) is 15.2. The van der Waals surface area contributed by atoms with Gasteiger partial charge in [0.05, 0.1) is 20.3 Å². The summed E-state index contributed by atoms with van der Waals surface area (Å²) in [6.07, 6.45) is 1.13. The van der Waals surface area contributed by atoms with Crippen molar-refractivity contribution in [1.29, 1.82) is 0 Å². The number of carbonyl (C=O) groups excluding carboxylic acids is 3. The summed E-state index contributed by atoms with van der Waals surface area (Å²) in [7, 11) is 3.02. The van der Waals surface area contributed by atoms with Gasteiger partial charge in [-0.15, -0.1) is 0 Å². The van der Waals surface area contributed by atoms with Crippen LogP contribution in [0.5, 0.6) is 23.0 Å². The van der Waals surface area contributed by atoms with Crippen molar-refractivity contribution in [1.82, 2.24) is 4.90 Å². The third kappa shape index (κ3) is 5.01. The lowest BCUT2D eigenvalue weighted by Crippen LogP contribution is -2.39. The van der Waals surface area contributed by atoms with Crippen molar-refractivity contribution in [2.75, 3.05) is 20.8 Å². The predicted octanol–water partition coefficient (Wildman–Crippen LogP) is 3.24. The normalized spacial score (nSPS) is 14.9. The van der Waals surface area contributed by atoms with Crippen molar-refractivity contribution in [3.63, 3.8) is 0 Å². The fourth-order valence-electron chi connectivity index (χ4n) is 4.01. The van der Waals surface area contributed by atoms with Gasteiger partial charge in [-0.3, -0.25) is 14.4 Å². The minimum Gasteiger partial charge on any atom is -0.493 e. The van der Waals surface area contributed by atoms with Crippen molar-refractivity contribution in [3.8, 4) is 23.0 Å². The highest BCUT2D eigenvalue weighted by Gasteiger charge is 2.31. The van der Waals surface area contributed by atoms with E-state index < -0.39 is 11.9 Å². The Bertz CT molecular complexity index is 1050. The van der Waals surface area contributed by atoms with Crippen LogP contribution in [0.2, 0.25) is 0 Å². The van der Waals surface area contributed by atoms with E-state index >= 15 is 0 Å². The number of hydrogen-bond donors (Lipinski definition) is 0. The third-order valence-corrected chi connectivity index (χ3v) is 5.35. The average Bonchev–Trinajstić information content (AvgIpc) is 2.72. The Morgan fingerprint density at radius 1 is 0.875 bits per heavy atom. The first-order valence-electron chi connectivity index (χ1n) is 10.2. The molecule has 0 N–H and O–H groups in total. The number of hydrogen-bond acceptors (Lipinski definition) is 7. The number of ether oxygens (including phenoxy) is 4. The molecule has 0 aliphatic carbocycles. The molecule has 0 fully saturated rings. The Labute approximate surface area is 187 Å². The van der Waals surface area contributed by atoms with Gasteiger partial charge < -0.3 is 23.8 Å². The standard InChI is InChI=1S/C24H27NO7/c1-14(26)25-9-8-18-12-22(30-5)24(32-16(3)28)13-19(18)20(25)10-17-6-7-21(29-4)23(11-17)31-15(2)27/h6-7,11-13,20H,8-10H2,1-5H3/t20-/m0/s1. The molecule has 0 saturated heterocycles. The zero-order valence-electron chi connectivity index (χ0n) is 18.9. The van der Waals surface area contributed by atoms with Crippen molar-refractivity contribution in [2.45, 2.75) is 39.7 Å². The van der Waals surface area contributed by atoms with Gasteiger partial charge in [-0.1, -0.05) is 6.07 Å².